The van der Waals surface area contributed by atoms with E-state index in [1.807, 2.05) is 30.3 Å². The van der Waals surface area contributed by atoms with Crippen molar-refractivity contribution in [2.24, 2.45) is 4.99 Å². The summed E-state index contributed by atoms with van der Waals surface area (Å²) in [6.07, 6.45) is 6.42. The van der Waals surface area contributed by atoms with Crippen LogP contribution in [-0.2, 0) is 0 Å². The second-order valence-electron chi connectivity index (χ2n) is 6.54. The molecule has 3 N–H and O–H groups in total. The third-order valence-corrected chi connectivity index (χ3v) is 4.81. The largest absolute Gasteiger partial charge is 0.398 e. The van der Waals surface area contributed by atoms with Crippen molar-refractivity contribution < 1.29 is 0 Å². The van der Waals surface area contributed by atoms with Gasteiger partial charge in [-0.05, 0) is 54.4 Å². The molecular formula is C21H21N5O. The van der Waals surface area contributed by atoms with E-state index >= 15 is 0 Å². The van der Waals surface area contributed by atoms with Gasteiger partial charge in [-0.15, -0.1) is 0 Å². The van der Waals surface area contributed by atoms with Gasteiger partial charge >= 0.3 is 0 Å². The summed E-state index contributed by atoms with van der Waals surface area (Å²) in [5, 5.41) is 3.91. The van der Waals surface area contributed by atoms with E-state index in [0.29, 0.717) is 22.3 Å². The molecule has 6 heteroatoms. The quantitative estimate of drug-likeness (QED) is 0.555. The molecule has 0 bridgehead atoms. The van der Waals surface area contributed by atoms with Crippen LogP contribution in [0.4, 0.5) is 5.69 Å². The highest BCUT2D eigenvalue weighted by Crippen LogP contribution is 2.22. The first-order valence-corrected chi connectivity index (χ1v) is 8.91. The minimum absolute atomic E-state index is 0.102. The number of aromatic nitrogens is 2. The van der Waals surface area contributed by atoms with Crippen molar-refractivity contribution in [1.82, 2.24) is 14.9 Å². The summed E-state index contributed by atoms with van der Waals surface area (Å²) in [5.74, 6) is 0. The number of hydrogen-bond acceptors (Lipinski definition) is 5. The summed E-state index contributed by atoms with van der Waals surface area (Å²) in [6, 6.07) is 11.3. The molecule has 0 radical (unpaired) electrons. The van der Waals surface area contributed by atoms with Gasteiger partial charge in [0.05, 0.1) is 16.6 Å². The molecule has 2 aromatic carbocycles. The molecule has 0 saturated heterocycles. The highest BCUT2D eigenvalue weighted by atomic mass is 16.1. The Morgan fingerprint density at radius 3 is 2.93 bits per heavy atom. The van der Waals surface area contributed by atoms with Gasteiger partial charge in [0.25, 0.3) is 5.56 Å². The van der Waals surface area contributed by atoms with Crippen LogP contribution >= 0.6 is 0 Å². The zero-order chi connectivity index (χ0) is 18.8. The van der Waals surface area contributed by atoms with Gasteiger partial charge in [-0.1, -0.05) is 12.1 Å². The van der Waals surface area contributed by atoms with Crippen molar-refractivity contribution in [2.75, 3.05) is 25.9 Å². The van der Waals surface area contributed by atoms with Crippen molar-refractivity contribution in [3.05, 3.63) is 70.3 Å². The molecule has 2 heterocycles. The molecule has 0 atom stereocenters. The van der Waals surface area contributed by atoms with Crippen molar-refractivity contribution >= 4 is 28.4 Å². The SMILES string of the molecule is CN=Cc1cc(-n2cnc3cc(C4=CCNCC4)ccc3c2=O)ccc1N. The summed E-state index contributed by atoms with van der Waals surface area (Å²) in [4.78, 5) is 21.5. The maximum absolute atomic E-state index is 13.0. The summed E-state index contributed by atoms with van der Waals surface area (Å²) < 4.78 is 1.54. The Kier molecular flexibility index (Phi) is 4.56. The van der Waals surface area contributed by atoms with Crippen molar-refractivity contribution in [1.29, 1.82) is 0 Å². The number of anilines is 1. The van der Waals surface area contributed by atoms with E-state index in [-0.39, 0.29) is 5.56 Å². The van der Waals surface area contributed by atoms with Gasteiger partial charge in [0, 0.05) is 31.1 Å². The van der Waals surface area contributed by atoms with E-state index in [1.54, 1.807) is 25.7 Å². The van der Waals surface area contributed by atoms with Crippen molar-refractivity contribution in [2.45, 2.75) is 6.42 Å². The van der Waals surface area contributed by atoms with E-state index in [4.69, 9.17) is 5.73 Å². The lowest BCUT2D eigenvalue weighted by atomic mass is 9.99. The Labute approximate surface area is 157 Å². The number of nitrogens with two attached hydrogens (primary N) is 1. The maximum atomic E-state index is 13.0. The van der Waals surface area contributed by atoms with Gasteiger partial charge in [0.1, 0.15) is 6.33 Å². The predicted octanol–water partition coefficient (Wildman–Crippen LogP) is 2.39. The molecule has 27 heavy (non-hydrogen) atoms. The van der Waals surface area contributed by atoms with Crippen molar-refractivity contribution in [3.63, 3.8) is 0 Å². The van der Waals surface area contributed by atoms with Crippen LogP contribution in [0, 0.1) is 0 Å². The van der Waals surface area contributed by atoms with Gasteiger partial charge in [-0.25, -0.2) is 4.98 Å². The van der Waals surface area contributed by atoms with E-state index in [1.165, 1.54) is 10.1 Å². The summed E-state index contributed by atoms with van der Waals surface area (Å²) >= 11 is 0. The lowest BCUT2D eigenvalue weighted by Gasteiger charge is -2.15. The minimum atomic E-state index is -0.102. The summed E-state index contributed by atoms with van der Waals surface area (Å²) in [7, 11) is 1.69. The van der Waals surface area contributed by atoms with Crippen LogP contribution in [0.1, 0.15) is 17.5 Å². The molecule has 1 aromatic heterocycles. The van der Waals surface area contributed by atoms with Gasteiger partial charge in [-0.3, -0.25) is 14.4 Å². The smallest absolute Gasteiger partial charge is 0.265 e. The van der Waals surface area contributed by atoms with Crippen LogP contribution in [-0.4, -0.2) is 35.9 Å². The minimum Gasteiger partial charge on any atom is -0.398 e. The van der Waals surface area contributed by atoms with E-state index in [9.17, 15) is 4.79 Å². The molecular weight excluding hydrogens is 338 g/mol. The molecule has 0 aliphatic carbocycles. The standard InChI is InChI=1S/C21H21N5O/c1-23-12-16-10-17(3-5-19(16)22)26-13-25-20-11-15(2-4-18(20)21(26)27)14-6-8-24-9-7-14/h2-6,10-13,24H,7-9,22H2,1H3. The third-order valence-electron chi connectivity index (χ3n) is 4.81. The topological polar surface area (TPSA) is 85.3 Å². The first-order valence-electron chi connectivity index (χ1n) is 8.91. The fourth-order valence-electron chi connectivity index (χ4n) is 3.35. The Morgan fingerprint density at radius 1 is 1.26 bits per heavy atom. The third kappa shape index (κ3) is 3.27. The fourth-order valence-corrected chi connectivity index (χ4v) is 3.35. The zero-order valence-corrected chi connectivity index (χ0v) is 15.1. The number of benzene rings is 2. The average Bonchev–Trinajstić information content (AvgIpc) is 2.71. The molecule has 0 amide bonds. The number of rotatable bonds is 3. The molecule has 0 spiro atoms. The van der Waals surface area contributed by atoms with E-state index in [0.717, 1.165) is 30.6 Å². The second kappa shape index (κ2) is 7.17. The zero-order valence-electron chi connectivity index (χ0n) is 15.1. The van der Waals surface area contributed by atoms with Gasteiger partial charge in [0.2, 0.25) is 0 Å². The van der Waals surface area contributed by atoms with Crippen LogP contribution in [0.15, 0.2) is 58.6 Å². The highest BCUT2D eigenvalue weighted by Gasteiger charge is 2.11. The molecule has 0 saturated carbocycles. The lowest BCUT2D eigenvalue weighted by Crippen LogP contribution is -2.20. The monoisotopic (exact) mass is 359 g/mol. The lowest BCUT2D eigenvalue weighted by molar-refractivity contribution is 0.738. The highest BCUT2D eigenvalue weighted by molar-refractivity contribution is 5.88. The first-order chi connectivity index (χ1) is 13.2. The normalized spacial score (nSPS) is 14.6. The molecule has 1 aliphatic heterocycles. The molecule has 3 aromatic rings. The van der Waals surface area contributed by atoms with Gasteiger partial charge < -0.3 is 11.1 Å². The Morgan fingerprint density at radius 2 is 2.15 bits per heavy atom. The number of hydrogen-bond donors (Lipinski definition) is 2. The summed E-state index contributed by atoms with van der Waals surface area (Å²) in [5.41, 5.74) is 11.1. The van der Waals surface area contributed by atoms with Gasteiger partial charge in [0.15, 0.2) is 0 Å². The molecule has 1 aliphatic rings. The Balaban J connectivity index is 1.80. The van der Waals surface area contributed by atoms with Crippen LogP contribution in [0.2, 0.25) is 0 Å². The Hall–Kier alpha value is -3.25. The van der Waals surface area contributed by atoms with E-state index in [2.05, 4.69) is 21.4 Å². The van der Waals surface area contributed by atoms with Gasteiger partial charge in [-0.2, -0.15) is 0 Å². The average molecular weight is 359 g/mol. The number of aliphatic imine (C=N–C) groups is 1. The van der Waals surface area contributed by atoms with Crippen LogP contribution in [0.25, 0.3) is 22.2 Å². The van der Waals surface area contributed by atoms with Crippen LogP contribution in [0.3, 0.4) is 0 Å². The fraction of sp³-hybridized carbons (Fsp3) is 0.190. The van der Waals surface area contributed by atoms with Crippen molar-refractivity contribution in [3.8, 4) is 5.69 Å². The molecule has 6 nitrogen and oxygen atoms in total. The second-order valence-corrected chi connectivity index (χ2v) is 6.54. The Bertz CT molecular complexity index is 1130. The number of nitrogens with one attached hydrogen (secondary N) is 1. The molecule has 136 valence electrons. The molecule has 0 unspecified atom stereocenters. The number of nitrogen functional groups attached to an aromatic ring is 1. The van der Waals surface area contributed by atoms with Crippen LogP contribution < -0.4 is 16.6 Å². The molecule has 0 fully saturated rings. The number of fused-ring (bicyclic) bond motifs is 1. The predicted molar refractivity (Wildman–Crippen MR) is 111 cm³/mol. The number of nitrogens with zero attached hydrogens (tertiary/aromatic N) is 3. The molecule has 4 rings (SSSR count). The van der Waals surface area contributed by atoms with E-state index < -0.39 is 0 Å². The maximum Gasteiger partial charge on any atom is 0.265 e. The van der Waals surface area contributed by atoms with Crippen LogP contribution in [0.5, 0.6) is 0 Å². The first kappa shape index (κ1) is 17.2. The summed E-state index contributed by atoms with van der Waals surface area (Å²) in [6.45, 7) is 1.85.